The smallest absolute Gasteiger partial charge is 0.257 e. The van der Waals surface area contributed by atoms with Gasteiger partial charge in [-0.25, -0.2) is 9.97 Å². The van der Waals surface area contributed by atoms with Gasteiger partial charge in [0.2, 0.25) is 0 Å². The van der Waals surface area contributed by atoms with E-state index in [4.69, 9.17) is 14.2 Å². The topological polar surface area (TPSA) is 105 Å². The van der Waals surface area contributed by atoms with Crippen LogP contribution in [0, 0.1) is 17.2 Å². The normalized spacial score (nSPS) is 18.0. The first-order chi connectivity index (χ1) is 19.1. The molecule has 1 fully saturated rings. The molecular formula is C30H31N5O4. The van der Waals surface area contributed by atoms with Crippen molar-refractivity contribution in [1.82, 2.24) is 19.3 Å². The Hall–Kier alpha value is -4.13. The van der Waals surface area contributed by atoms with E-state index in [1.54, 1.807) is 12.5 Å². The third-order valence-corrected chi connectivity index (χ3v) is 7.26. The number of aromatic nitrogens is 3. The summed E-state index contributed by atoms with van der Waals surface area (Å²) in [5, 5.41) is 19.2. The SMILES string of the molecule is CC(O)CN1CCC[C@@H](COc2cc(-c3ccc(C#N)cc3)c(-c3cnc4c(c3)OCCO4)n3cncc23)C1. The number of aliphatic hydroxyl groups excluding tert-OH is 1. The summed E-state index contributed by atoms with van der Waals surface area (Å²) in [4.78, 5) is 11.3. The fourth-order valence-corrected chi connectivity index (χ4v) is 5.51. The van der Waals surface area contributed by atoms with Crippen molar-refractivity contribution in [3.63, 3.8) is 0 Å². The molecule has 1 aromatic carbocycles. The minimum Gasteiger partial charge on any atom is -0.491 e. The first-order valence-electron chi connectivity index (χ1n) is 13.4. The summed E-state index contributed by atoms with van der Waals surface area (Å²) in [7, 11) is 0. The van der Waals surface area contributed by atoms with Crippen molar-refractivity contribution in [2.75, 3.05) is 39.5 Å². The van der Waals surface area contributed by atoms with Gasteiger partial charge in [0.15, 0.2) is 5.75 Å². The van der Waals surface area contributed by atoms with Crippen LogP contribution in [0.3, 0.4) is 0 Å². The predicted molar refractivity (Wildman–Crippen MR) is 146 cm³/mol. The lowest BCUT2D eigenvalue weighted by molar-refractivity contribution is 0.0799. The first-order valence-corrected chi connectivity index (χ1v) is 13.4. The van der Waals surface area contributed by atoms with Crippen LogP contribution < -0.4 is 14.2 Å². The quantitative estimate of drug-likeness (QED) is 0.383. The van der Waals surface area contributed by atoms with Gasteiger partial charge in [0.1, 0.15) is 24.5 Å². The average molecular weight is 526 g/mol. The third-order valence-electron chi connectivity index (χ3n) is 7.26. The summed E-state index contributed by atoms with van der Waals surface area (Å²) < 4.78 is 20.0. The fraction of sp³-hybridized carbons (Fsp3) is 0.367. The van der Waals surface area contributed by atoms with Crippen LogP contribution in [-0.2, 0) is 0 Å². The molecule has 0 spiro atoms. The van der Waals surface area contributed by atoms with Crippen LogP contribution in [0.4, 0.5) is 0 Å². The maximum Gasteiger partial charge on any atom is 0.257 e. The van der Waals surface area contributed by atoms with Crippen LogP contribution in [0.2, 0.25) is 0 Å². The lowest BCUT2D eigenvalue weighted by atomic mass is 9.97. The van der Waals surface area contributed by atoms with Gasteiger partial charge in [-0.05, 0) is 56.1 Å². The molecule has 6 rings (SSSR count). The van der Waals surface area contributed by atoms with Gasteiger partial charge in [0.05, 0.1) is 42.6 Å². The maximum absolute atomic E-state index is 9.83. The standard InChI is InChI=1S/C30H31N5O4/c1-20(36)16-34-8-2-3-22(17-34)18-39-27-12-25(23-6-4-21(13-31)5-7-23)29(35-19-32-15-26(27)35)24-11-28-30(33-14-24)38-10-9-37-28/h4-7,11-12,14-15,19-20,22,36H,2-3,8-10,16-18H2,1H3/t20?,22-/m1/s1. The molecular weight excluding hydrogens is 494 g/mol. The zero-order valence-corrected chi connectivity index (χ0v) is 21.9. The number of likely N-dealkylation sites (tertiary alicyclic amines) is 1. The average Bonchev–Trinajstić information content (AvgIpc) is 3.45. The van der Waals surface area contributed by atoms with E-state index in [0.717, 1.165) is 59.6 Å². The number of aliphatic hydroxyl groups is 1. The highest BCUT2D eigenvalue weighted by atomic mass is 16.6. The number of β-amino-alcohol motifs (C(OH)–C–C–N with tert-alkyl or cyclic N) is 1. The van der Waals surface area contributed by atoms with Gasteiger partial charge >= 0.3 is 0 Å². The molecule has 1 N–H and O–H groups in total. The Labute approximate surface area is 227 Å². The lowest BCUT2D eigenvalue weighted by Gasteiger charge is -2.33. The van der Waals surface area contributed by atoms with Gasteiger partial charge in [0, 0.05) is 36.3 Å². The van der Waals surface area contributed by atoms with Gasteiger partial charge in [0.25, 0.3) is 5.88 Å². The Morgan fingerprint density at radius 2 is 2.00 bits per heavy atom. The molecule has 0 aliphatic carbocycles. The monoisotopic (exact) mass is 525 g/mol. The number of nitrogens with zero attached hydrogens (tertiary/aromatic N) is 5. The van der Waals surface area contributed by atoms with Crippen LogP contribution in [0.1, 0.15) is 25.3 Å². The molecule has 3 aromatic heterocycles. The van der Waals surface area contributed by atoms with Crippen LogP contribution >= 0.6 is 0 Å². The fourth-order valence-electron chi connectivity index (χ4n) is 5.51. The predicted octanol–water partition coefficient (Wildman–Crippen LogP) is 4.18. The molecule has 2 atom stereocenters. The Bertz CT molecular complexity index is 1510. The molecule has 1 unspecified atom stereocenters. The molecule has 4 aromatic rings. The molecule has 0 amide bonds. The minimum atomic E-state index is -0.339. The number of hydrogen-bond acceptors (Lipinski definition) is 8. The Morgan fingerprint density at radius 1 is 1.15 bits per heavy atom. The Kier molecular flexibility index (Phi) is 7.05. The number of nitriles is 1. The van der Waals surface area contributed by atoms with Crippen molar-refractivity contribution in [2.24, 2.45) is 5.92 Å². The van der Waals surface area contributed by atoms with Crippen molar-refractivity contribution in [3.05, 3.63) is 60.7 Å². The van der Waals surface area contributed by atoms with Crippen LogP contribution in [0.25, 0.3) is 27.9 Å². The highest BCUT2D eigenvalue weighted by molar-refractivity contribution is 5.86. The number of hydrogen-bond donors (Lipinski definition) is 1. The van der Waals surface area contributed by atoms with Gasteiger partial charge in [-0.15, -0.1) is 0 Å². The van der Waals surface area contributed by atoms with Crippen LogP contribution in [0.15, 0.2) is 55.1 Å². The second-order valence-electron chi connectivity index (χ2n) is 10.3. The highest BCUT2D eigenvalue weighted by Gasteiger charge is 2.24. The van der Waals surface area contributed by atoms with E-state index >= 15 is 0 Å². The second-order valence-corrected chi connectivity index (χ2v) is 10.3. The summed E-state index contributed by atoms with van der Waals surface area (Å²) in [5.74, 6) is 2.22. The van der Waals surface area contributed by atoms with Gasteiger partial charge in [-0.3, -0.25) is 4.40 Å². The summed E-state index contributed by atoms with van der Waals surface area (Å²) >= 11 is 0. The van der Waals surface area contributed by atoms with E-state index < -0.39 is 0 Å². The van der Waals surface area contributed by atoms with Gasteiger partial charge in [-0.2, -0.15) is 5.26 Å². The zero-order chi connectivity index (χ0) is 26.8. The Balaban J connectivity index is 1.39. The molecule has 9 heteroatoms. The number of fused-ring (bicyclic) bond motifs is 2. The van der Waals surface area contributed by atoms with Crippen molar-refractivity contribution < 1.29 is 19.3 Å². The second kappa shape index (κ2) is 10.9. The van der Waals surface area contributed by atoms with Gasteiger partial charge in [-0.1, -0.05) is 12.1 Å². The largest absolute Gasteiger partial charge is 0.491 e. The van der Waals surface area contributed by atoms with E-state index in [1.807, 2.05) is 47.9 Å². The highest BCUT2D eigenvalue weighted by Crippen LogP contribution is 2.40. The Morgan fingerprint density at radius 3 is 2.82 bits per heavy atom. The number of ether oxygens (including phenoxy) is 3. The van der Waals surface area contributed by atoms with Crippen molar-refractivity contribution in [1.29, 1.82) is 5.26 Å². The molecule has 39 heavy (non-hydrogen) atoms. The van der Waals surface area contributed by atoms with E-state index in [1.165, 1.54) is 0 Å². The number of imidazole rings is 1. The molecule has 0 saturated carbocycles. The molecule has 0 bridgehead atoms. The van der Waals surface area contributed by atoms with Crippen molar-refractivity contribution in [2.45, 2.75) is 25.9 Å². The van der Waals surface area contributed by atoms with E-state index in [-0.39, 0.29) is 6.10 Å². The van der Waals surface area contributed by atoms with E-state index in [2.05, 4.69) is 27.0 Å². The third kappa shape index (κ3) is 5.26. The summed E-state index contributed by atoms with van der Waals surface area (Å²) in [6.45, 7) is 5.97. The van der Waals surface area contributed by atoms with Crippen molar-refractivity contribution in [3.8, 4) is 45.8 Å². The molecule has 200 valence electrons. The van der Waals surface area contributed by atoms with Gasteiger partial charge < -0.3 is 24.2 Å². The lowest BCUT2D eigenvalue weighted by Crippen LogP contribution is -2.41. The zero-order valence-electron chi connectivity index (χ0n) is 21.9. The number of piperidine rings is 1. The molecule has 0 radical (unpaired) electrons. The maximum atomic E-state index is 9.83. The summed E-state index contributed by atoms with van der Waals surface area (Å²) in [6, 6.07) is 13.7. The molecule has 9 nitrogen and oxygen atoms in total. The van der Waals surface area contributed by atoms with Crippen LogP contribution in [-0.4, -0.2) is 69.9 Å². The number of pyridine rings is 2. The molecule has 2 aliphatic rings. The molecule has 5 heterocycles. The molecule has 1 saturated heterocycles. The van der Waals surface area contributed by atoms with E-state index in [9.17, 15) is 10.4 Å². The minimum absolute atomic E-state index is 0.339. The number of benzene rings is 1. The summed E-state index contributed by atoms with van der Waals surface area (Å²) in [6.07, 6.45) is 7.23. The van der Waals surface area contributed by atoms with Crippen LogP contribution in [0.5, 0.6) is 17.4 Å². The van der Waals surface area contributed by atoms with E-state index in [0.29, 0.717) is 49.5 Å². The number of rotatable bonds is 7. The first kappa shape index (κ1) is 25.2. The summed E-state index contributed by atoms with van der Waals surface area (Å²) in [5.41, 5.74) is 5.08. The van der Waals surface area contributed by atoms with Crippen molar-refractivity contribution >= 4 is 5.52 Å². The molecule has 2 aliphatic heterocycles.